The highest BCUT2D eigenvalue weighted by Crippen LogP contribution is 2.30. The standard InChI is InChI=1S/C16H27ClN2O/c1-15(2,3)18-10-12-7-8-14(13(17)9-12)19(6)16(4,5)11-20/h7-9,18,20H,10-11H2,1-6H3. The van der Waals surface area contributed by atoms with Gasteiger partial charge in [-0.1, -0.05) is 17.7 Å². The molecular weight excluding hydrogens is 272 g/mol. The molecule has 0 saturated carbocycles. The molecule has 0 aliphatic rings. The van der Waals surface area contributed by atoms with Crippen LogP contribution in [0.15, 0.2) is 18.2 Å². The van der Waals surface area contributed by atoms with Crippen molar-refractivity contribution in [3.63, 3.8) is 0 Å². The molecule has 2 N–H and O–H groups in total. The molecule has 0 bridgehead atoms. The van der Waals surface area contributed by atoms with E-state index in [4.69, 9.17) is 11.6 Å². The van der Waals surface area contributed by atoms with Crippen LogP contribution < -0.4 is 10.2 Å². The van der Waals surface area contributed by atoms with E-state index >= 15 is 0 Å². The number of hydrogen-bond acceptors (Lipinski definition) is 3. The third-order valence-corrected chi connectivity index (χ3v) is 3.79. The van der Waals surface area contributed by atoms with Crippen molar-refractivity contribution < 1.29 is 5.11 Å². The number of nitrogens with zero attached hydrogens (tertiary/aromatic N) is 1. The normalized spacial score (nSPS) is 12.6. The van der Waals surface area contributed by atoms with Crippen molar-refractivity contribution in [2.24, 2.45) is 0 Å². The number of rotatable bonds is 5. The number of nitrogens with one attached hydrogen (secondary N) is 1. The van der Waals surface area contributed by atoms with Crippen molar-refractivity contribution in [1.82, 2.24) is 5.32 Å². The molecule has 0 amide bonds. The Hall–Kier alpha value is -0.770. The van der Waals surface area contributed by atoms with Crippen LogP contribution in [-0.4, -0.2) is 29.8 Å². The molecular formula is C16H27ClN2O. The zero-order valence-corrected chi connectivity index (χ0v) is 14.2. The molecule has 1 aromatic carbocycles. The molecule has 0 heterocycles. The van der Waals surface area contributed by atoms with Gasteiger partial charge in [-0.3, -0.25) is 0 Å². The molecule has 0 aliphatic carbocycles. The van der Waals surface area contributed by atoms with Gasteiger partial charge in [0.05, 0.1) is 22.9 Å². The number of halogens is 1. The summed E-state index contributed by atoms with van der Waals surface area (Å²) in [7, 11) is 1.95. The first kappa shape index (κ1) is 17.3. The van der Waals surface area contributed by atoms with Gasteiger partial charge >= 0.3 is 0 Å². The quantitative estimate of drug-likeness (QED) is 0.874. The number of likely N-dealkylation sites (N-methyl/N-ethyl adjacent to an activating group) is 1. The van der Waals surface area contributed by atoms with E-state index in [9.17, 15) is 5.11 Å². The van der Waals surface area contributed by atoms with Gasteiger partial charge in [-0.25, -0.2) is 0 Å². The lowest BCUT2D eigenvalue weighted by Gasteiger charge is -2.36. The average Bonchev–Trinajstić information content (AvgIpc) is 2.35. The van der Waals surface area contributed by atoms with E-state index < -0.39 is 0 Å². The van der Waals surface area contributed by atoms with E-state index in [1.807, 2.05) is 37.9 Å². The Morgan fingerprint density at radius 3 is 2.25 bits per heavy atom. The minimum atomic E-state index is -0.338. The summed E-state index contributed by atoms with van der Waals surface area (Å²) in [5.41, 5.74) is 1.84. The van der Waals surface area contributed by atoms with E-state index in [1.165, 1.54) is 0 Å². The van der Waals surface area contributed by atoms with E-state index in [-0.39, 0.29) is 17.7 Å². The summed E-state index contributed by atoms with van der Waals surface area (Å²) in [6.45, 7) is 11.3. The fourth-order valence-electron chi connectivity index (χ4n) is 1.73. The Labute approximate surface area is 127 Å². The fourth-order valence-corrected chi connectivity index (χ4v) is 2.06. The molecule has 3 nitrogen and oxygen atoms in total. The second-order valence-corrected chi connectivity index (χ2v) is 7.33. The number of anilines is 1. The number of benzene rings is 1. The van der Waals surface area contributed by atoms with E-state index in [2.05, 4.69) is 32.2 Å². The Kier molecular flexibility index (Phi) is 5.47. The number of aliphatic hydroxyl groups is 1. The van der Waals surface area contributed by atoms with Crippen LogP contribution in [0.1, 0.15) is 40.2 Å². The van der Waals surface area contributed by atoms with Gasteiger partial charge in [0.2, 0.25) is 0 Å². The SMILES string of the molecule is CN(c1ccc(CNC(C)(C)C)cc1Cl)C(C)(C)CO. The van der Waals surface area contributed by atoms with Crippen LogP contribution in [0.4, 0.5) is 5.69 Å². The average molecular weight is 299 g/mol. The molecule has 20 heavy (non-hydrogen) atoms. The Morgan fingerprint density at radius 2 is 1.80 bits per heavy atom. The predicted molar refractivity (Wildman–Crippen MR) is 87.6 cm³/mol. The van der Waals surface area contributed by atoms with Gasteiger partial charge in [0.1, 0.15) is 0 Å². The van der Waals surface area contributed by atoms with E-state index in [0.29, 0.717) is 5.02 Å². The molecule has 1 rings (SSSR count). The van der Waals surface area contributed by atoms with Crippen molar-refractivity contribution in [2.75, 3.05) is 18.6 Å². The van der Waals surface area contributed by atoms with Gasteiger partial charge in [0, 0.05) is 19.1 Å². The molecule has 4 heteroatoms. The number of aliphatic hydroxyl groups excluding tert-OH is 1. The molecule has 0 fully saturated rings. The van der Waals surface area contributed by atoms with Gasteiger partial charge in [-0.2, -0.15) is 0 Å². The van der Waals surface area contributed by atoms with Gasteiger partial charge in [0.15, 0.2) is 0 Å². The summed E-state index contributed by atoms with van der Waals surface area (Å²) < 4.78 is 0. The summed E-state index contributed by atoms with van der Waals surface area (Å²) in [4.78, 5) is 2.01. The Morgan fingerprint density at radius 1 is 1.20 bits per heavy atom. The van der Waals surface area contributed by atoms with Crippen LogP contribution >= 0.6 is 11.6 Å². The third kappa shape index (κ3) is 4.65. The van der Waals surface area contributed by atoms with Crippen LogP contribution in [0.2, 0.25) is 5.02 Å². The van der Waals surface area contributed by atoms with Gasteiger partial charge in [-0.05, 0) is 52.3 Å². The van der Waals surface area contributed by atoms with Gasteiger partial charge in [-0.15, -0.1) is 0 Å². The molecule has 1 aromatic rings. The lowest BCUT2D eigenvalue weighted by Crippen LogP contribution is -2.44. The summed E-state index contributed by atoms with van der Waals surface area (Å²) in [5, 5.41) is 13.6. The molecule has 0 unspecified atom stereocenters. The molecule has 0 spiro atoms. The lowest BCUT2D eigenvalue weighted by molar-refractivity contribution is 0.216. The molecule has 0 aromatic heterocycles. The first-order chi connectivity index (χ1) is 9.07. The largest absolute Gasteiger partial charge is 0.394 e. The highest BCUT2D eigenvalue weighted by Gasteiger charge is 2.24. The first-order valence-corrected chi connectivity index (χ1v) is 7.33. The second-order valence-electron chi connectivity index (χ2n) is 6.92. The van der Waals surface area contributed by atoms with E-state index in [1.54, 1.807) is 0 Å². The smallest absolute Gasteiger partial charge is 0.0658 e. The summed E-state index contributed by atoms with van der Waals surface area (Å²) in [6, 6.07) is 6.07. The first-order valence-electron chi connectivity index (χ1n) is 6.95. The molecule has 0 saturated heterocycles. The summed E-state index contributed by atoms with van der Waals surface area (Å²) in [5.74, 6) is 0. The lowest BCUT2D eigenvalue weighted by atomic mass is 10.0. The Balaban J connectivity index is 2.89. The maximum Gasteiger partial charge on any atom is 0.0658 e. The van der Waals surface area contributed by atoms with Crippen LogP contribution in [0.3, 0.4) is 0 Å². The third-order valence-electron chi connectivity index (χ3n) is 3.49. The van der Waals surface area contributed by atoms with Crippen molar-refractivity contribution >= 4 is 17.3 Å². The van der Waals surface area contributed by atoms with Crippen molar-refractivity contribution in [3.05, 3.63) is 28.8 Å². The maximum absolute atomic E-state index is 9.45. The topological polar surface area (TPSA) is 35.5 Å². The minimum Gasteiger partial charge on any atom is -0.394 e. The predicted octanol–water partition coefficient (Wildman–Crippen LogP) is 3.44. The van der Waals surface area contributed by atoms with Crippen LogP contribution in [0.25, 0.3) is 0 Å². The zero-order chi connectivity index (χ0) is 15.6. The van der Waals surface area contributed by atoms with E-state index in [0.717, 1.165) is 17.8 Å². The van der Waals surface area contributed by atoms with Crippen LogP contribution in [0, 0.1) is 0 Å². The Bertz CT molecular complexity index is 452. The molecule has 0 aliphatic heterocycles. The highest BCUT2D eigenvalue weighted by atomic mass is 35.5. The molecule has 0 radical (unpaired) electrons. The van der Waals surface area contributed by atoms with Crippen molar-refractivity contribution in [2.45, 2.75) is 52.2 Å². The van der Waals surface area contributed by atoms with Crippen molar-refractivity contribution in [1.29, 1.82) is 0 Å². The number of hydrogen-bond donors (Lipinski definition) is 2. The minimum absolute atomic E-state index is 0.0765. The summed E-state index contributed by atoms with van der Waals surface area (Å²) in [6.07, 6.45) is 0. The maximum atomic E-state index is 9.45. The van der Waals surface area contributed by atoms with Crippen molar-refractivity contribution in [3.8, 4) is 0 Å². The molecule has 0 atom stereocenters. The van der Waals surface area contributed by atoms with Gasteiger partial charge < -0.3 is 15.3 Å². The highest BCUT2D eigenvalue weighted by molar-refractivity contribution is 6.33. The monoisotopic (exact) mass is 298 g/mol. The summed E-state index contributed by atoms with van der Waals surface area (Å²) >= 11 is 6.39. The fraction of sp³-hybridized carbons (Fsp3) is 0.625. The second kappa shape index (κ2) is 6.33. The van der Waals surface area contributed by atoms with Crippen LogP contribution in [0.5, 0.6) is 0 Å². The zero-order valence-electron chi connectivity index (χ0n) is 13.4. The van der Waals surface area contributed by atoms with Gasteiger partial charge in [0.25, 0.3) is 0 Å². The van der Waals surface area contributed by atoms with Crippen LogP contribution in [-0.2, 0) is 6.54 Å². The molecule has 114 valence electrons.